The van der Waals surface area contributed by atoms with Gasteiger partial charge < -0.3 is 0 Å². The van der Waals surface area contributed by atoms with E-state index in [9.17, 15) is 9.59 Å². The summed E-state index contributed by atoms with van der Waals surface area (Å²) in [5, 5.41) is 0. The first-order valence-electron chi connectivity index (χ1n) is 7.22. The minimum Gasteiger partial charge on any atom is -0.274 e. The molecule has 112 valence electrons. The Morgan fingerprint density at radius 3 is 2.32 bits per heavy atom. The molecule has 1 saturated heterocycles. The average molecular weight is 405 g/mol. The van der Waals surface area contributed by atoms with Crippen molar-refractivity contribution in [1.29, 1.82) is 0 Å². The molecule has 2 aromatic rings. The summed E-state index contributed by atoms with van der Waals surface area (Å²) in [5.74, 6) is -0.454. The van der Waals surface area contributed by atoms with Gasteiger partial charge in [-0.2, -0.15) is 0 Å². The molecular weight excluding hydrogens is 389 g/mol. The number of hydrogen-bond acceptors (Lipinski definition) is 2. The van der Waals surface area contributed by atoms with Gasteiger partial charge in [0, 0.05) is 9.99 Å². The fraction of sp³-hybridized carbons (Fsp3) is 0.222. The van der Waals surface area contributed by atoms with Crippen LogP contribution < -0.4 is 4.90 Å². The highest BCUT2D eigenvalue weighted by Gasteiger charge is 2.39. The van der Waals surface area contributed by atoms with Crippen LogP contribution >= 0.6 is 22.6 Å². The van der Waals surface area contributed by atoms with Crippen molar-refractivity contribution < 1.29 is 9.59 Å². The third-order valence-corrected chi connectivity index (χ3v) is 4.65. The van der Waals surface area contributed by atoms with Crippen LogP contribution in [0.15, 0.2) is 48.5 Å². The van der Waals surface area contributed by atoms with E-state index in [2.05, 4.69) is 22.6 Å². The lowest BCUT2D eigenvalue weighted by Crippen LogP contribution is -2.30. The Balaban J connectivity index is 1.79. The highest BCUT2D eigenvalue weighted by Crippen LogP contribution is 2.29. The third kappa shape index (κ3) is 3.06. The first-order chi connectivity index (χ1) is 10.5. The van der Waals surface area contributed by atoms with Crippen LogP contribution in [0, 0.1) is 16.4 Å². The molecule has 2 amide bonds. The molecule has 0 unspecified atom stereocenters. The van der Waals surface area contributed by atoms with E-state index in [1.54, 1.807) is 0 Å². The maximum absolute atomic E-state index is 12.6. The van der Waals surface area contributed by atoms with Gasteiger partial charge in [0.1, 0.15) is 0 Å². The number of imide groups is 1. The smallest absolute Gasteiger partial charge is 0.237 e. The number of anilines is 1. The maximum atomic E-state index is 12.6. The summed E-state index contributed by atoms with van der Waals surface area (Å²) >= 11 is 2.20. The molecule has 1 heterocycles. The number of rotatable bonds is 3. The first-order valence-corrected chi connectivity index (χ1v) is 8.30. The normalized spacial score (nSPS) is 18.1. The molecule has 0 spiro atoms. The predicted molar refractivity (Wildman–Crippen MR) is 94.6 cm³/mol. The van der Waals surface area contributed by atoms with Crippen LogP contribution in [-0.2, 0) is 16.0 Å². The van der Waals surface area contributed by atoms with E-state index in [-0.39, 0.29) is 17.7 Å². The van der Waals surface area contributed by atoms with Crippen LogP contribution in [0.4, 0.5) is 5.69 Å². The van der Waals surface area contributed by atoms with E-state index in [1.165, 1.54) is 10.5 Å². The molecule has 0 saturated carbocycles. The van der Waals surface area contributed by atoms with Crippen molar-refractivity contribution in [3.05, 3.63) is 63.2 Å². The maximum Gasteiger partial charge on any atom is 0.237 e. The standard InChI is InChI=1S/C18H16INO2/c1-12-2-4-13(5-3-12)10-14-11-17(21)20(18(14)22)16-8-6-15(19)7-9-16/h2-9,14H,10-11H2,1H3/t14-/m0/s1. The molecule has 0 aliphatic carbocycles. The Kier molecular flexibility index (Phi) is 4.29. The lowest BCUT2D eigenvalue weighted by Gasteiger charge is -2.15. The van der Waals surface area contributed by atoms with E-state index in [1.807, 2.05) is 55.5 Å². The number of amides is 2. The molecule has 3 rings (SSSR count). The Morgan fingerprint density at radius 1 is 1.05 bits per heavy atom. The average Bonchev–Trinajstić information content (AvgIpc) is 2.77. The van der Waals surface area contributed by atoms with Crippen LogP contribution in [0.3, 0.4) is 0 Å². The zero-order valence-corrected chi connectivity index (χ0v) is 14.4. The van der Waals surface area contributed by atoms with Gasteiger partial charge in [0.15, 0.2) is 0 Å². The Hall–Kier alpha value is -1.69. The van der Waals surface area contributed by atoms with Gasteiger partial charge in [-0.05, 0) is 65.8 Å². The van der Waals surface area contributed by atoms with Crippen molar-refractivity contribution in [3.63, 3.8) is 0 Å². The van der Waals surface area contributed by atoms with Crippen LogP contribution in [0.2, 0.25) is 0 Å². The van der Waals surface area contributed by atoms with Crippen molar-refractivity contribution in [2.24, 2.45) is 5.92 Å². The van der Waals surface area contributed by atoms with Crippen molar-refractivity contribution in [2.45, 2.75) is 19.8 Å². The highest BCUT2D eigenvalue weighted by atomic mass is 127. The van der Waals surface area contributed by atoms with Gasteiger partial charge in [-0.15, -0.1) is 0 Å². The highest BCUT2D eigenvalue weighted by molar-refractivity contribution is 14.1. The molecule has 0 N–H and O–H groups in total. The Labute approximate surface area is 143 Å². The summed E-state index contributed by atoms with van der Waals surface area (Å²) in [6.45, 7) is 2.03. The molecule has 0 radical (unpaired) electrons. The number of carbonyl (C=O) groups is 2. The van der Waals surface area contributed by atoms with Gasteiger partial charge in [0.05, 0.1) is 11.6 Å². The Bertz CT molecular complexity index is 707. The predicted octanol–water partition coefficient (Wildman–Crippen LogP) is 3.72. The summed E-state index contributed by atoms with van der Waals surface area (Å²) < 4.78 is 1.08. The van der Waals surface area contributed by atoms with Gasteiger partial charge in [0.2, 0.25) is 11.8 Å². The van der Waals surface area contributed by atoms with Gasteiger partial charge in [-0.3, -0.25) is 14.5 Å². The lowest BCUT2D eigenvalue weighted by molar-refractivity contribution is -0.122. The molecule has 0 aromatic heterocycles. The second kappa shape index (κ2) is 6.20. The molecule has 2 aromatic carbocycles. The molecule has 22 heavy (non-hydrogen) atoms. The molecule has 4 heteroatoms. The van der Waals surface area contributed by atoms with Crippen LogP contribution in [0.25, 0.3) is 0 Å². The summed E-state index contributed by atoms with van der Waals surface area (Å²) in [5.41, 5.74) is 2.96. The molecule has 1 fully saturated rings. The first kappa shape index (κ1) is 15.2. The Morgan fingerprint density at radius 2 is 1.68 bits per heavy atom. The van der Waals surface area contributed by atoms with Crippen LogP contribution in [-0.4, -0.2) is 11.8 Å². The van der Waals surface area contributed by atoms with E-state index in [0.717, 1.165) is 9.13 Å². The lowest BCUT2D eigenvalue weighted by atomic mass is 9.97. The van der Waals surface area contributed by atoms with Crippen molar-refractivity contribution in [1.82, 2.24) is 0 Å². The monoisotopic (exact) mass is 405 g/mol. The number of nitrogens with zero attached hydrogens (tertiary/aromatic N) is 1. The van der Waals surface area contributed by atoms with E-state index in [4.69, 9.17) is 0 Å². The number of carbonyl (C=O) groups excluding carboxylic acids is 2. The van der Waals surface area contributed by atoms with Crippen molar-refractivity contribution in [2.75, 3.05) is 4.90 Å². The second-order valence-electron chi connectivity index (χ2n) is 5.63. The summed E-state index contributed by atoms with van der Waals surface area (Å²) in [4.78, 5) is 26.1. The largest absolute Gasteiger partial charge is 0.274 e. The topological polar surface area (TPSA) is 37.4 Å². The zero-order chi connectivity index (χ0) is 15.7. The quantitative estimate of drug-likeness (QED) is 0.577. The summed E-state index contributed by atoms with van der Waals surface area (Å²) in [6, 6.07) is 15.6. The molecular formula is C18H16INO2. The van der Waals surface area contributed by atoms with Crippen LogP contribution in [0.5, 0.6) is 0 Å². The van der Waals surface area contributed by atoms with Gasteiger partial charge in [-0.25, -0.2) is 0 Å². The SMILES string of the molecule is Cc1ccc(C[C@H]2CC(=O)N(c3ccc(I)cc3)C2=O)cc1. The third-order valence-electron chi connectivity index (χ3n) is 3.93. The fourth-order valence-corrected chi connectivity index (χ4v) is 3.08. The van der Waals surface area contributed by atoms with E-state index >= 15 is 0 Å². The summed E-state index contributed by atoms with van der Waals surface area (Å²) in [7, 11) is 0. The van der Waals surface area contributed by atoms with Gasteiger partial charge in [0.25, 0.3) is 0 Å². The fourth-order valence-electron chi connectivity index (χ4n) is 2.72. The second-order valence-corrected chi connectivity index (χ2v) is 6.88. The zero-order valence-electron chi connectivity index (χ0n) is 12.3. The van der Waals surface area contributed by atoms with Gasteiger partial charge >= 0.3 is 0 Å². The number of halogens is 1. The molecule has 0 bridgehead atoms. The molecule has 1 aliphatic heterocycles. The summed E-state index contributed by atoms with van der Waals surface area (Å²) in [6.07, 6.45) is 0.907. The van der Waals surface area contributed by atoms with Crippen molar-refractivity contribution >= 4 is 40.1 Å². The molecule has 1 atom stereocenters. The number of benzene rings is 2. The minimum atomic E-state index is -0.255. The van der Waals surface area contributed by atoms with Crippen molar-refractivity contribution in [3.8, 4) is 0 Å². The van der Waals surface area contributed by atoms with E-state index < -0.39 is 0 Å². The van der Waals surface area contributed by atoms with Crippen LogP contribution in [0.1, 0.15) is 17.5 Å². The van der Waals surface area contributed by atoms with E-state index in [0.29, 0.717) is 18.5 Å². The minimum absolute atomic E-state index is 0.0909. The molecule has 1 aliphatic rings. The van der Waals surface area contributed by atoms with Gasteiger partial charge in [-0.1, -0.05) is 29.8 Å². The number of hydrogen-bond donors (Lipinski definition) is 0. The molecule has 3 nitrogen and oxygen atoms in total. The number of aryl methyl sites for hydroxylation is 1.